The molecule has 0 unspecified atom stereocenters. The van der Waals surface area contributed by atoms with Gasteiger partial charge in [-0.25, -0.2) is 0 Å². The summed E-state index contributed by atoms with van der Waals surface area (Å²) in [5, 5.41) is 0. The van der Waals surface area contributed by atoms with Gasteiger partial charge in [0.2, 0.25) is 0 Å². The maximum atomic E-state index is 11.7. The van der Waals surface area contributed by atoms with Crippen LogP contribution in [0.25, 0.3) is 0 Å². The van der Waals surface area contributed by atoms with Crippen LogP contribution in [0, 0.1) is 0 Å². The molecule has 0 aliphatic heterocycles. The molecule has 1 amide bonds. The second-order valence-corrected chi connectivity index (χ2v) is 3.91. The molecule has 2 N–H and O–H groups in total. The Morgan fingerprint density at radius 3 is 2.75 bits per heavy atom. The van der Waals surface area contributed by atoms with E-state index < -0.39 is 0 Å². The molecule has 0 aliphatic carbocycles. The Morgan fingerprint density at radius 1 is 1.38 bits per heavy atom. The van der Waals surface area contributed by atoms with Gasteiger partial charge in [0.05, 0.1) is 6.26 Å². The first-order valence-corrected chi connectivity index (χ1v) is 5.74. The maximum Gasteiger partial charge on any atom is 0.289 e. The topological polar surface area (TPSA) is 59.5 Å². The van der Waals surface area contributed by atoms with Gasteiger partial charge in [-0.05, 0) is 31.5 Å². The Hall–Kier alpha value is -1.29. The summed E-state index contributed by atoms with van der Waals surface area (Å²) in [5.74, 6) is 0.355. The van der Waals surface area contributed by atoms with Gasteiger partial charge in [-0.15, -0.1) is 0 Å². The highest BCUT2D eigenvalue weighted by molar-refractivity contribution is 5.91. The van der Waals surface area contributed by atoms with E-state index in [-0.39, 0.29) is 5.91 Å². The Morgan fingerprint density at radius 2 is 2.12 bits per heavy atom. The van der Waals surface area contributed by atoms with Crippen molar-refractivity contribution in [3.05, 3.63) is 24.2 Å². The van der Waals surface area contributed by atoms with Gasteiger partial charge < -0.3 is 15.1 Å². The average molecular weight is 224 g/mol. The van der Waals surface area contributed by atoms with Crippen LogP contribution in [-0.4, -0.2) is 30.9 Å². The highest BCUT2D eigenvalue weighted by Gasteiger charge is 2.13. The number of hydrogen-bond donors (Lipinski definition) is 1. The largest absolute Gasteiger partial charge is 0.459 e. The average Bonchev–Trinajstić information content (AvgIpc) is 2.81. The SMILES string of the molecule is CN(CCCCCCN)C(=O)c1ccco1. The number of rotatable bonds is 7. The van der Waals surface area contributed by atoms with E-state index in [9.17, 15) is 4.79 Å². The predicted molar refractivity (Wildman–Crippen MR) is 63.2 cm³/mol. The van der Waals surface area contributed by atoms with Crippen molar-refractivity contribution < 1.29 is 9.21 Å². The molecule has 4 heteroatoms. The van der Waals surface area contributed by atoms with Crippen LogP contribution in [0.2, 0.25) is 0 Å². The van der Waals surface area contributed by atoms with Crippen LogP contribution >= 0.6 is 0 Å². The molecule has 90 valence electrons. The van der Waals surface area contributed by atoms with E-state index in [1.54, 1.807) is 24.1 Å². The second kappa shape index (κ2) is 7.06. The van der Waals surface area contributed by atoms with Crippen LogP contribution in [-0.2, 0) is 0 Å². The van der Waals surface area contributed by atoms with Crippen LogP contribution < -0.4 is 5.73 Å². The van der Waals surface area contributed by atoms with Crippen molar-refractivity contribution in [1.29, 1.82) is 0 Å². The lowest BCUT2D eigenvalue weighted by atomic mass is 10.2. The summed E-state index contributed by atoms with van der Waals surface area (Å²) in [5.41, 5.74) is 5.41. The van der Waals surface area contributed by atoms with Crippen LogP contribution in [0.3, 0.4) is 0 Å². The zero-order chi connectivity index (χ0) is 11.8. The number of nitrogens with zero attached hydrogens (tertiary/aromatic N) is 1. The summed E-state index contributed by atoms with van der Waals surface area (Å²) in [4.78, 5) is 13.4. The minimum absolute atomic E-state index is 0.0520. The zero-order valence-electron chi connectivity index (χ0n) is 9.82. The van der Waals surface area contributed by atoms with Crippen molar-refractivity contribution in [2.24, 2.45) is 5.73 Å². The fraction of sp³-hybridized carbons (Fsp3) is 0.583. The highest BCUT2D eigenvalue weighted by atomic mass is 16.3. The molecule has 0 saturated heterocycles. The molecule has 0 fully saturated rings. The molecule has 0 aliphatic rings. The Bertz CT molecular complexity index is 296. The van der Waals surface area contributed by atoms with Crippen molar-refractivity contribution in [1.82, 2.24) is 4.90 Å². The molecule has 0 radical (unpaired) electrons. The first-order valence-electron chi connectivity index (χ1n) is 5.74. The van der Waals surface area contributed by atoms with Gasteiger partial charge in [0.15, 0.2) is 5.76 Å². The van der Waals surface area contributed by atoms with Gasteiger partial charge in [-0.2, -0.15) is 0 Å². The third kappa shape index (κ3) is 4.06. The van der Waals surface area contributed by atoms with E-state index in [4.69, 9.17) is 10.2 Å². The van der Waals surface area contributed by atoms with Gasteiger partial charge in [0.25, 0.3) is 5.91 Å². The van der Waals surface area contributed by atoms with Crippen molar-refractivity contribution in [2.75, 3.05) is 20.1 Å². The number of unbranched alkanes of at least 4 members (excludes halogenated alkanes) is 3. The van der Waals surface area contributed by atoms with Crippen molar-refractivity contribution in [2.45, 2.75) is 25.7 Å². The zero-order valence-corrected chi connectivity index (χ0v) is 9.82. The molecule has 16 heavy (non-hydrogen) atoms. The van der Waals surface area contributed by atoms with Crippen molar-refractivity contribution in [3.63, 3.8) is 0 Å². The molecular formula is C12H20N2O2. The van der Waals surface area contributed by atoms with Crippen LogP contribution in [0.1, 0.15) is 36.2 Å². The van der Waals surface area contributed by atoms with Gasteiger partial charge in [0, 0.05) is 13.6 Å². The van der Waals surface area contributed by atoms with Crippen molar-refractivity contribution in [3.8, 4) is 0 Å². The van der Waals surface area contributed by atoms with Crippen LogP contribution in [0.5, 0.6) is 0 Å². The van der Waals surface area contributed by atoms with Crippen molar-refractivity contribution >= 4 is 5.91 Å². The minimum atomic E-state index is -0.0520. The smallest absolute Gasteiger partial charge is 0.289 e. The lowest BCUT2D eigenvalue weighted by Crippen LogP contribution is -2.27. The standard InChI is InChI=1S/C12H20N2O2/c1-14(9-5-3-2-4-8-13)12(15)11-7-6-10-16-11/h6-7,10H,2-5,8-9,13H2,1H3. The molecule has 0 atom stereocenters. The van der Waals surface area contributed by atoms with Gasteiger partial charge in [-0.1, -0.05) is 12.8 Å². The fourth-order valence-corrected chi connectivity index (χ4v) is 1.54. The van der Waals surface area contributed by atoms with E-state index >= 15 is 0 Å². The molecule has 1 heterocycles. The normalized spacial score (nSPS) is 10.4. The van der Waals surface area contributed by atoms with E-state index in [2.05, 4.69) is 0 Å². The first kappa shape index (κ1) is 12.8. The summed E-state index contributed by atoms with van der Waals surface area (Å²) >= 11 is 0. The Kier molecular flexibility index (Phi) is 5.64. The fourth-order valence-electron chi connectivity index (χ4n) is 1.54. The number of nitrogens with two attached hydrogens (primary N) is 1. The quantitative estimate of drug-likeness (QED) is 0.719. The third-order valence-corrected chi connectivity index (χ3v) is 2.53. The minimum Gasteiger partial charge on any atom is -0.459 e. The number of hydrogen-bond acceptors (Lipinski definition) is 3. The predicted octanol–water partition coefficient (Wildman–Crippen LogP) is 1.87. The van der Waals surface area contributed by atoms with Gasteiger partial charge in [-0.3, -0.25) is 4.79 Å². The molecule has 4 nitrogen and oxygen atoms in total. The molecule has 0 saturated carbocycles. The Balaban J connectivity index is 2.20. The molecule has 1 rings (SSSR count). The summed E-state index contributed by atoms with van der Waals surface area (Å²) in [7, 11) is 1.80. The highest BCUT2D eigenvalue weighted by Crippen LogP contribution is 2.06. The summed E-state index contributed by atoms with van der Waals surface area (Å²) < 4.78 is 5.05. The number of amides is 1. The molecule has 1 aromatic rings. The molecule has 0 bridgehead atoms. The lowest BCUT2D eigenvalue weighted by Gasteiger charge is -2.15. The monoisotopic (exact) mass is 224 g/mol. The van der Waals surface area contributed by atoms with E-state index in [0.717, 1.165) is 38.8 Å². The number of furan rings is 1. The maximum absolute atomic E-state index is 11.7. The summed E-state index contributed by atoms with van der Waals surface area (Å²) in [6, 6.07) is 3.41. The molecule has 0 spiro atoms. The summed E-state index contributed by atoms with van der Waals surface area (Å²) in [6.07, 6.45) is 5.85. The number of carbonyl (C=O) groups excluding carboxylic acids is 1. The number of carbonyl (C=O) groups is 1. The van der Waals surface area contributed by atoms with E-state index in [1.807, 2.05) is 0 Å². The first-order chi connectivity index (χ1) is 7.75. The molecule has 1 aromatic heterocycles. The Labute approximate surface area is 96.4 Å². The lowest BCUT2D eigenvalue weighted by molar-refractivity contribution is 0.0761. The third-order valence-electron chi connectivity index (χ3n) is 2.53. The van der Waals surface area contributed by atoms with Crippen LogP contribution in [0.15, 0.2) is 22.8 Å². The molecule has 0 aromatic carbocycles. The van der Waals surface area contributed by atoms with E-state index in [1.165, 1.54) is 6.26 Å². The van der Waals surface area contributed by atoms with Crippen LogP contribution in [0.4, 0.5) is 0 Å². The van der Waals surface area contributed by atoms with Gasteiger partial charge >= 0.3 is 0 Å². The van der Waals surface area contributed by atoms with E-state index in [0.29, 0.717) is 5.76 Å². The van der Waals surface area contributed by atoms with Gasteiger partial charge in [0.1, 0.15) is 0 Å². The summed E-state index contributed by atoms with van der Waals surface area (Å²) in [6.45, 7) is 1.52. The molecular weight excluding hydrogens is 204 g/mol. The second-order valence-electron chi connectivity index (χ2n) is 3.91.